The van der Waals surface area contributed by atoms with E-state index in [1.54, 1.807) is 6.20 Å². The Morgan fingerprint density at radius 1 is 1.37 bits per heavy atom. The van der Waals surface area contributed by atoms with Gasteiger partial charge in [-0.25, -0.2) is 0 Å². The molecule has 0 unspecified atom stereocenters. The fourth-order valence-corrected chi connectivity index (χ4v) is 2.28. The van der Waals surface area contributed by atoms with Crippen molar-refractivity contribution in [1.82, 2.24) is 9.88 Å². The molecule has 0 aromatic carbocycles. The average Bonchev–Trinajstić information content (AvgIpc) is 2.41. The molecule has 2 rings (SSSR count). The first kappa shape index (κ1) is 13.8. The van der Waals surface area contributed by atoms with Crippen LogP contribution in [0.15, 0.2) is 18.3 Å². The molecule has 2 heterocycles. The Balaban J connectivity index is 1.83. The minimum atomic E-state index is 0.0822. The van der Waals surface area contributed by atoms with E-state index in [1.807, 2.05) is 37.8 Å². The predicted molar refractivity (Wildman–Crippen MR) is 74.0 cm³/mol. The highest BCUT2D eigenvalue weighted by molar-refractivity contribution is 5.78. The lowest BCUT2D eigenvalue weighted by atomic mass is 10.1. The highest BCUT2D eigenvalue weighted by Gasteiger charge is 2.25. The quantitative estimate of drug-likeness (QED) is 0.840. The van der Waals surface area contributed by atoms with Crippen LogP contribution in [0.1, 0.15) is 32.4 Å². The van der Waals surface area contributed by atoms with E-state index in [0.717, 1.165) is 37.4 Å². The van der Waals surface area contributed by atoms with E-state index >= 15 is 0 Å². The number of nitrogens with zero attached hydrogens (tertiary/aromatic N) is 2. The molecule has 0 saturated carbocycles. The molecule has 1 aliphatic heterocycles. The highest BCUT2D eigenvalue weighted by atomic mass is 16.5. The summed E-state index contributed by atoms with van der Waals surface area (Å²) in [6, 6.07) is 3.90. The molecule has 0 aliphatic carbocycles. The van der Waals surface area contributed by atoms with Crippen LogP contribution in [0, 0.1) is 12.8 Å². The van der Waals surface area contributed by atoms with Crippen molar-refractivity contribution < 1.29 is 9.53 Å². The minimum absolute atomic E-state index is 0.0822. The van der Waals surface area contributed by atoms with Gasteiger partial charge in [0.2, 0.25) is 5.91 Å². The molecular weight excluding hydrogens is 240 g/mol. The Morgan fingerprint density at radius 2 is 2.05 bits per heavy atom. The first-order chi connectivity index (χ1) is 9.06. The van der Waals surface area contributed by atoms with Crippen LogP contribution in [0.3, 0.4) is 0 Å². The number of likely N-dealkylation sites (tertiary alicyclic amines) is 1. The van der Waals surface area contributed by atoms with Crippen LogP contribution in [0.5, 0.6) is 5.75 Å². The van der Waals surface area contributed by atoms with Gasteiger partial charge in [0.15, 0.2) is 0 Å². The van der Waals surface area contributed by atoms with Gasteiger partial charge in [-0.3, -0.25) is 9.78 Å². The molecule has 0 bridgehead atoms. The van der Waals surface area contributed by atoms with Crippen LogP contribution in [-0.2, 0) is 4.79 Å². The van der Waals surface area contributed by atoms with Crippen LogP contribution in [-0.4, -0.2) is 35.0 Å². The van der Waals surface area contributed by atoms with Crippen molar-refractivity contribution in [2.75, 3.05) is 13.1 Å². The normalized spacial score (nSPS) is 16.7. The third-order valence-corrected chi connectivity index (χ3v) is 3.43. The zero-order chi connectivity index (χ0) is 13.8. The molecular formula is C15H22N2O2. The number of hydrogen-bond acceptors (Lipinski definition) is 3. The molecule has 0 atom stereocenters. The molecule has 1 fully saturated rings. The van der Waals surface area contributed by atoms with Crippen LogP contribution >= 0.6 is 0 Å². The topological polar surface area (TPSA) is 42.4 Å². The summed E-state index contributed by atoms with van der Waals surface area (Å²) in [5, 5.41) is 0. The summed E-state index contributed by atoms with van der Waals surface area (Å²) in [5.74, 6) is 1.15. The molecule has 104 valence electrons. The number of pyridine rings is 1. The summed E-state index contributed by atoms with van der Waals surface area (Å²) in [5.41, 5.74) is 0.990. The summed E-state index contributed by atoms with van der Waals surface area (Å²) in [7, 11) is 0. The molecule has 0 radical (unpaired) electrons. The monoisotopic (exact) mass is 262 g/mol. The molecule has 1 saturated heterocycles. The van der Waals surface area contributed by atoms with E-state index in [2.05, 4.69) is 4.98 Å². The highest BCUT2D eigenvalue weighted by Crippen LogP contribution is 2.19. The van der Waals surface area contributed by atoms with Gasteiger partial charge in [-0.05, 0) is 19.1 Å². The average molecular weight is 262 g/mol. The fraction of sp³-hybridized carbons (Fsp3) is 0.600. The van der Waals surface area contributed by atoms with Gasteiger partial charge >= 0.3 is 0 Å². The van der Waals surface area contributed by atoms with Crippen molar-refractivity contribution in [2.45, 2.75) is 39.7 Å². The Kier molecular flexibility index (Phi) is 4.40. The Hall–Kier alpha value is -1.58. The number of rotatable bonds is 3. The third-order valence-electron chi connectivity index (χ3n) is 3.43. The molecule has 4 heteroatoms. The Labute approximate surface area is 114 Å². The molecule has 1 aromatic rings. The van der Waals surface area contributed by atoms with Crippen LogP contribution in [0.2, 0.25) is 0 Å². The molecule has 0 N–H and O–H groups in total. The molecule has 0 spiro atoms. The van der Waals surface area contributed by atoms with E-state index in [-0.39, 0.29) is 17.9 Å². The van der Waals surface area contributed by atoms with E-state index < -0.39 is 0 Å². The maximum atomic E-state index is 11.9. The lowest BCUT2D eigenvalue weighted by Crippen LogP contribution is -2.43. The molecule has 1 amide bonds. The molecule has 1 aromatic heterocycles. The zero-order valence-electron chi connectivity index (χ0n) is 11.9. The van der Waals surface area contributed by atoms with Crippen molar-refractivity contribution >= 4 is 5.91 Å². The summed E-state index contributed by atoms with van der Waals surface area (Å²) < 4.78 is 5.90. The van der Waals surface area contributed by atoms with E-state index in [4.69, 9.17) is 4.74 Å². The number of piperidine rings is 1. The van der Waals surface area contributed by atoms with Crippen LogP contribution < -0.4 is 4.74 Å². The molecule has 4 nitrogen and oxygen atoms in total. The summed E-state index contributed by atoms with van der Waals surface area (Å²) in [6.07, 6.45) is 3.75. The molecule has 19 heavy (non-hydrogen) atoms. The van der Waals surface area contributed by atoms with Gasteiger partial charge in [0.1, 0.15) is 11.9 Å². The van der Waals surface area contributed by atoms with Gasteiger partial charge in [-0.1, -0.05) is 13.8 Å². The first-order valence-corrected chi connectivity index (χ1v) is 6.94. The van der Waals surface area contributed by atoms with Crippen molar-refractivity contribution in [3.05, 3.63) is 24.0 Å². The van der Waals surface area contributed by atoms with E-state index in [9.17, 15) is 4.79 Å². The summed E-state index contributed by atoms with van der Waals surface area (Å²) in [4.78, 5) is 18.0. The Bertz CT molecular complexity index is 420. The summed E-state index contributed by atoms with van der Waals surface area (Å²) in [6.45, 7) is 7.44. The maximum absolute atomic E-state index is 11.9. The van der Waals surface area contributed by atoms with Crippen LogP contribution in [0.4, 0.5) is 0 Å². The second-order valence-corrected chi connectivity index (χ2v) is 5.43. The Morgan fingerprint density at radius 3 is 2.58 bits per heavy atom. The van der Waals surface area contributed by atoms with Gasteiger partial charge in [-0.15, -0.1) is 0 Å². The van der Waals surface area contributed by atoms with Gasteiger partial charge in [-0.2, -0.15) is 0 Å². The molecule has 1 aliphatic rings. The number of carbonyl (C=O) groups is 1. The van der Waals surface area contributed by atoms with Crippen molar-refractivity contribution in [3.8, 4) is 5.75 Å². The van der Waals surface area contributed by atoms with Gasteiger partial charge in [0, 0.05) is 37.5 Å². The first-order valence-electron chi connectivity index (χ1n) is 6.94. The second kappa shape index (κ2) is 6.04. The minimum Gasteiger partial charge on any atom is -0.489 e. The second-order valence-electron chi connectivity index (χ2n) is 5.43. The SMILES string of the molecule is Cc1ccc(OC2CCN(C(=O)C(C)C)CC2)cn1. The van der Waals surface area contributed by atoms with Gasteiger partial charge in [0.25, 0.3) is 0 Å². The lowest BCUT2D eigenvalue weighted by molar-refractivity contribution is -0.136. The number of hydrogen-bond donors (Lipinski definition) is 0. The third kappa shape index (κ3) is 3.69. The number of ether oxygens (including phenoxy) is 1. The standard InChI is InChI=1S/C15H22N2O2/c1-11(2)15(18)17-8-6-13(7-9-17)19-14-5-4-12(3)16-10-14/h4-5,10-11,13H,6-9H2,1-3H3. The largest absolute Gasteiger partial charge is 0.489 e. The maximum Gasteiger partial charge on any atom is 0.225 e. The van der Waals surface area contributed by atoms with E-state index in [1.165, 1.54) is 0 Å². The smallest absolute Gasteiger partial charge is 0.225 e. The number of aryl methyl sites for hydroxylation is 1. The fourth-order valence-electron chi connectivity index (χ4n) is 2.28. The lowest BCUT2D eigenvalue weighted by Gasteiger charge is -2.33. The summed E-state index contributed by atoms with van der Waals surface area (Å²) >= 11 is 0. The number of aromatic nitrogens is 1. The van der Waals surface area contributed by atoms with Crippen molar-refractivity contribution in [2.24, 2.45) is 5.92 Å². The van der Waals surface area contributed by atoms with Gasteiger partial charge < -0.3 is 9.64 Å². The van der Waals surface area contributed by atoms with Crippen molar-refractivity contribution in [1.29, 1.82) is 0 Å². The van der Waals surface area contributed by atoms with Gasteiger partial charge in [0.05, 0.1) is 6.20 Å². The van der Waals surface area contributed by atoms with Crippen molar-refractivity contribution in [3.63, 3.8) is 0 Å². The zero-order valence-corrected chi connectivity index (χ0v) is 11.9. The number of carbonyl (C=O) groups excluding carboxylic acids is 1. The number of amides is 1. The van der Waals surface area contributed by atoms with Crippen LogP contribution in [0.25, 0.3) is 0 Å². The predicted octanol–water partition coefficient (Wildman–Crippen LogP) is 2.42. The van der Waals surface area contributed by atoms with E-state index in [0.29, 0.717) is 0 Å².